The fraction of sp³-hybridized carbons (Fsp3) is 0.438. The van der Waals surface area contributed by atoms with Crippen molar-refractivity contribution in [2.45, 2.75) is 19.4 Å². The molecular formula is C16H20N2O2. The Morgan fingerprint density at radius 3 is 2.90 bits per heavy atom. The zero-order valence-corrected chi connectivity index (χ0v) is 11.9. The molecule has 1 aliphatic rings. The van der Waals surface area contributed by atoms with Crippen LogP contribution < -0.4 is 9.64 Å². The average molecular weight is 272 g/mol. The van der Waals surface area contributed by atoms with E-state index in [4.69, 9.17) is 4.74 Å². The maximum Gasteiger partial charge on any atom is 0.136 e. The van der Waals surface area contributed by atoms with Crippen molar-refractivity contribution < 1.29 is 9.84 Å². The van der Waals surface area contributed by atoms with E-state index >= 15 is 0 Å². The Balaban J connectivity index is 2.01. The van der Waals surface area contributed by atoms with E-state index in [1.807, 2.05) is 31.3 Å². The van der Waals surface area contributed by atoms with E-state index in [0.29, 0.717) is 5.92 Å². The molecule has 4 nitrogen and oxygen atoms in total. The first-order chi connectivity index (χ1) is 9.70. The lowest BCUT2D eigenvalue weighted by molar-refractivity contribution is 0.136. The number of methoxy groups -OCH3 is 1. The van der Waals surface area contributed by atoms with Crippen molar-refractivity contribution in [3.63, 3.8) is 0 Å². The third-order valence-corrected chi connectivity index (χ3v) is 4.17. The van der Waals surface area contributed by atoms with Gasteiger partial charge >= 0.3 is 0 Å². The Kier molecular flexibility index (Phi) is 3.49. The second-order valence-corrected chi connectivity index (χ2v) is 5.43. The lowest BCUT2D eigenvalue weighted by atomic mass is 10.0. The molecule has 2 unspecified atom stereocenters. The quantitative estimate of drug-likeness (QED) is 0.932. The highest BCUT2D eigenvalue weighted by Crippen LogP contribution is 2.33. The molecule has 1 aromatic heterocycles. The average Bonchev–Trinajstić information content (AvgIpc) is 2.95. The largest absolute Gasteiger partial charge is 0.496 e. The highest BCUT2D eigenvalue weighted by molar-refractivity contribution is 5.96. The zero-order valence-electron chi connectivity index (χ0n) is 11.9. The second kappa shape index (κ2) is 5.29. The lowest BCUT2D eigenvalue weighted by Crippen LogP contribution is -2.24. The molecule has 0 saturated carbocycles. The molecular weight excluding hydrogens is 252 g/mol. The van der Waals surface area contributed by atoms with Crippen LogP contribution in [0.5, 0.6) is 5.75 Å². The maximum absolute atomic E-state index is 9.75. The standard InChI is InChI=1S/C16H20N2O2/c1-11(19)12-7-9-18(10-12)16-14-4-3-5-15(20-2)13(14)6-8-17-16/h3-6,8,11-12,19H,7,9-10H2,1-2H3. The Morgan fingerprint density at radius 2 is 2.20 bits per heavy atom. The summed E-state index contributed by atoms with van der Waals surface area (Å²) in [6.45, 7) is 3.67. The molecule has 20 heavy (non-hydrogen) atoms. The van der Waals surface area contributed by atoms with E-state index in [-0.39, 0.29) is 6.10 Å². The molecule has 0 spiro atoms. The molecule has 0 amide bonds. The summed E-state index contributed by atoms with van der Waals surface area (Å²) in [5, 5.41) is 11.9. The summed E-state index contributed by atoms with van der Waals surface area (Å²) >= 11 is 0. The highest BCUT2D eigenvalue weighted by Gasteiger charge is 2.27. The van der Waals surface area contributed by atoms with Gasteiger partial charge in [-0.05, 0) is 25.5 Å². The van der Waals surface area contributed by atoms with Gasteiger partial charge in [-0.15, -0.1) is 0 Å². The topological polar surface area (TPSA) is 45.6 Å². The van der Waals surface area contributed by atoms with Crippen molar-refractivity contribution >= 4 is 16.6 Å². The number of aromatic nitrogens is 1. The van der Waals surface area contributed by atoms with Crippen molar-refractivity contribution in [3.8, 4) is 5.75 Å². The van der Waals surface area contributed by atoms with Gasteiger partial charge in [0.05, 0.1) is 13.2 Å². The van der Waals surface area contributed by atoms with E-state index in [1.165, 1.54) is 0 Å². The minimum atomic E-state index is -0.260. The van der Waals surface area contributed by atoms with E-state index in [0.717, 1.165) is 41.9 Å². The fourth-order valence-corrected chi connectivity index (χ4v) is 2.97. The number of aliphatic hydroxyl groups is 1. The third-order valence-electron chi connectivity index (χ3n) is 4.17. The number of anilines is 1. The normalized spacial score (nSPS) is 20.4. The molecule has 1 aromatic carbocycles. The Bertz CT molecular complexity index is 612. The number of benzene rings is 1. The first-order valence-corrected chi connectivity index (χ1v) is 7.05. The molecule has 1 saturated heterocycles. The molecule has 4 heteroatoms. The van der Waals surface area contributed by atoms with Crippen LogP contribution in [0.2, 0.25) is 0 Å². The van der Waals surface area contributed by atoms with Crippen LogP contribution in [0.3, 0.4) is 0 Å². The van der Waals surface area contributed by atoms with E-state index in [2.05, 4.69) is 16.0 Å². The van der Waals surface area contributed by atoms with Gasteiger partial charge in [-0.3, -0.25) is 0 Å². The van der Waals surface area contributed by atoms with Crippen LogP contribution in [0.1, 0.15) is 13.3 Å². The van der Waals surface area contributed by atoms with E-state index < -0.39 is 0 Å². The highest BCUT2D eigenvalue weighted by atomic mass is 16.5. The van der Waals surface area contributed by atoms with Crippen molar-refractivity contribution in [1.29, 1.82) is 0 Å². The van der Waals surface area contributed by atoms with Crippen molar-refractivity contribution in [2.75, 3.05) is 25.1 Å². The van der Waals surface area contributed by atoms with Crippen LogP contribution >= 0.6 is 0 Å². The van der Waals surface area contributed by atoms with Gasteiger partial charge < -0.3 is 14.7 Å². The monoisotopic (exact) mass is 272 g/mol. The van der Waals surface area contributed by atoms with Crippen molar-refractivity contribution in [1.82, 2.24) is 4.98 Å². The van der Waals surface area contributed by atoms with Gasteiger partial charge in [-0.1, -0.05) is 12.1 Å². The second-order valence-electron chi connectivity index (χ2n) is 5.43. The van der Waals surface area contributed by atoms with E-state index in [9.17, 15) is 5.11 Å². The Labute approximate surface area is 119 Å². The van der Waals surface area contributed by atoms with Crippen molar-refractivity contribution in [3.05, 3.63) is 30.5 Å². The van der Waals surface area contributed by atoms with Gasteiger partial charge in [-0.25, -0.2) is 4.98 Å². The van der Waals surface area contributed by atoms with Gasteiger partial charge in [0, 0.05) is 36.0 Å². The van der Waals surface area contributed by atoms with Gasteiger partial charge in [0.1, 0.15) is 11.6 Å². The molecule has 2 aromatic rings. The molecule has 3 rings (SSSR count). The number of aliphatic hydroxyl groups excluding tert-OH is 1. The smallest absolute Gasteiger partial charge is 0.136 e. The maximum atomic E-state index is 9.75. The zero-order chi connectivity index (χ0) is 14.1. The number of ether oxygens (including phenoxy) is 1. The molecule has 2 atom stereocenters. The molecule has 0 aliphatic carbocycles. The summed E-state index contributed by atoms with van der Waals surface area (Å²) in [5.74, 6) is 2.19. The minimum Gasteiger partial charge on any atom is -0.496 e. The summed E-state index contributed by atoms with van der Waals surface area (Å²) in [4.78, 5) is 6.81. The van der Waals surface area contributed by atoms with Crippen LogP contribution in [0, 0.1) is 5.92 Å². The number of pyridine rings is 1. The molecule has 0 bridgehead atoms. The van der Waals surface area contributed by atoms with Crippen LogP contribution in [0.25, 0.3) is 10.8 Å². The predicted molar refractivity (Wildman–Crippen MR) is 80.3 cm³/mol. The van der Waals surface area contributed by atoms with E-state index in [1.54, 1.807) is 7.11 Å². The van der Waals surface area contributed by atoms with Crippen LogP contribution in [-0.2, 0) is 0 Å². The SMILES string of the molecule is COc1cccc2c(N3CCC(C(C)O)C3)nccc12. The first kappa shape index (κ1) is 13.2. The number of nitrogens with zero attached hydrogens (tertiary/aromatic N) is 2. The van der Waals surface area contributed by atoms with Crippen molar-refractivity contribution in [2.24, 2.45) is 5.92 Å². The lowest BCUT2D eigenvalue weighted by Gasteiger charge is -2.20. The first-order valence-electron chi connectivity index (χ1n) is 7.05. The molecule has 1 fully saturated rings. The number of hydrogen-bond donors (Lipinski definition) is 1. The summed E-state index contributed by atoms with van der Waals surface area (Å²) in [7, 11) is 1.69. The fourth-order valence-electron chi connectivity index (χ4n) is 2.97. The minimum absolute atomic E-state index is 0.260. The number of rotatable bonds is 3. The van der Waals surface area contributed by atoms with Crippen LogP contribution in [0.4, 0.5) is 5.82 Å². The molecule has 106 valence electrons. The summed E-state index contributed by atoms with van der Waals surface area (Å²) in [6, 6.07) is 8.03. The number of hydrogen-bond acceptors (Lipinski definition) is 4. The summed E-state index contributed by atoms with van der Waals surface area (Å²) < 4.78 is 5.42. The number of fused-ring (bicyclic) bond motifs is 1. The predicted octanol–water partition coefficient (Wildman–Crippen LogP) is 2.45. The van der Waals surface area contributed by atoms with Gasteiger partial charge in [0.2, 0.25) is 0 Å². The van der Waals surface area contributed by atoms with Gasteiger partial charge in [0.25, 0.3) is 0 Å². The summed E-state index contributed by atoms with van der Waals surface area (Å²) in [5.41, 5.74) is 0. The molecule has 1 aliphatic heterocycles. The van der Waals surface area contributed by atoms with Crippen LogP contribution in [0.15, 0.2) is 30.5 Å². The Hall–Kier alpha value is -1.81. The van der Waals surface area contributed by atoms with Crippen LogP contribution in [-0.4, -0.2) is 36.4 Å². The molecule has 2 heterocycles. The molecule has 1 N–H and O–H groups in total. The molecule has 0 radical (unpaired) electrons. The Morgan fingerprint density at radius 1 is 1.35 bits per heavy atom. The van der Waals surface area contributed by atoms with Gasteiger partial charge in [-0.2, -0.15) is 0 Å². The third kappa shape index (κ3) is 2.20. The van der Waals surface area contributed by atoms with Gasteiger partial charge in [0.15, 0.2) is 0 Å². The summed E-state index contributed by atoms with van der Waals surface area (Å²) in [6.07, 6.45) is 2.58.